The number of benzene rings is 4. The quantitative estimate of drug-likeness (QED) is 0.150. The number of esters is 1. The van der Waals surface area contributed by atoms with Crippen LogP contribution >= 0.6 is 0 Å². The fourth-order valence-corrected chi connectivity index (χ4v) is 5.36. The molecule has 0 saturated carbocycles. The molecule has 206 valence electrons. The van der Waals surface area contributed by atoms with Gasteiger partial charge in [0.1, 0.15) is 11.5 Å². The number of non-ortho nitro benzene ring substituents is 1. The van der Waals surface area contributed by atoms with Crippen molar-refractivity contribution in [3.8, 4) is 23.0 Å². The third-order valence-corrected chi connectivity index (χ3v) is 7.33. The van der Waals surface area contributed by atoms with Gasteiger partial charge < -0.3 is 24.3 Å². The number of carbonyl (C=O) groups is 2. The Kier molecular flexibility index (Phi) is 6.50. The van der Waals surface area contributed by atoms with Crippen molar-refractivity contribution in [2.75, 3.05) is 13.9 Å². The van der Waals surface area contributed by atoms with Crippen LogP contribution in [0.4, 0.5) is 5.69 Å². The SMILES string of the molecule is COc1ccc([C@@H]2c3cc4c(cc3OC(=O)[C@]2(Cc2ccccc2)NC(=O)c2ccc([N+](=O)[O-])cc2)OCO4)cc1. The molecule has 2 atom stereocenters. The number of nitro groups is 1. The predicted molar refractivity (Wildman–Crippen MR) is 146 cm³/mol. The first kappa shape index (κ1) is 25.9. The van der Waals surface area contributed by atoms with Crippen LogP contribution in [0.2, 0.25) is 0 Å². The van der Waals surface area contributed by atoms with E-state index in [0.717, 1.165) is 11.1 Å². The van der Waals surface area contributed by atoms with Crippen molar-refractivity contribution < 1.29 is 33.5 Å². The van der Waals surface area contributed by atoms with Gasteiger partial charge in [-0.05, 0) is 41.5 Å². The van der Waals surface area contributed by atoms with Crippen LogP contribution in [0.5, 0.6) is 23.0 Å². The summed E-state index contributed by atoms with van der Waals surface area (Å²) in [6.07, 6.45) is 0.0932. The van der Waals surface area contributed by atoms with Gasteiger partial charge in [0.25, 0.3) is 11.6 Å². The molecule has 10 nitrogen and oxygen atoms in total. The predicted octanol–water partition coefficient (Wildman–Crippen LogP) is 4.79. The highest BCUT2D eigenvalue weighted by molar-refractivity contribution is 6.00. The molecular formula is C31H24N2O8. The first-order valence-corrected chi connectivity index (χ1v) is 12.8. The number of fused-ring (bicyclic) bond motifs is 2. The Morgan fingerprint density at radius 2 is 1.66 bits per heavy atom. The fourth-order valence-electron chi connectivity index (χ4n) is 5.36. The number of ether oxygens (including phenoxy) is 4. The minimum atomic E-state index is -1.62. The zero-order chi connectivity index (χ0) is 28.6. The summed E-state index contributed by atoms with van der Waals surface area (Å²) < 4.78 is 22.5. The van der Waals surface area contributed by atoms with Gasteiger partial charge in [0.15, 0.2) is 17.0 Å². The smallest absolute Gasteiger partial charge is 0.338 e. The highest BCUT2D eigenvalue weighted by Crippen LogP contribution is 2.50. The minimum absolute atomic E-state index is 0.0331. The Hall–Kier alpha value is -5.38. The van der Waals surface area contributed by atoms with Crippen molar-refractivity contribution >= 4 is 17.6 Å². The molecule has 1 N–H and O–H groups in total. The van der Waals surface area contributed by atoms with Crippen LogP contribution in [0.3, 0.4) is 0 Å². The van der Waals surface area contributed by atoms with E-state index in [1.165, 1.54) is 24.3 Å². The average molecular weight is 553 g/mol. The summed E-state index contributed by atoms with van der Waals surface area (Å²) in [5.74, 6) is -0.0957. The number of methoxy groups -OCH3 is 1. The van der Waals surface area contributed by atoms with E-state index >= 15 is 0 Å². The summed E-state index contributed by atoms with van der Waals surface area (Å²) in [7, 11) is 1.56. The normalized spacial score (nSPS) is 18.7. The van der Waals surface area contributed by atoms with Gasteiger partial charge in [-0.3, -0.25) is 14.9 Å². The molecule has 0 aromatic heterocycles. The maximum Gasteiger partial charge on any atom is 0.338 e. The van der Waals surface area contributed by atoms with Gasteiger partial charge in [0.05, 0.1) is 12.0 Å². The van der Waals surface area contributed by atoms with Crippen LogP contribution in [0.25, 0.3) is 0 Å². The number of amides is 1. The summed E-state index contributed by atoms with van der Waals surface area (Å²) >= 11 is 0. The first-order valence-electron chi connectivity index (χ1n) is 12.8. The molecule has 0 bridgehead atoms. The number of hydrogen-bond acceptors (Lipinski definition) is 8. The molecule has 41 heavy (non-hydrogen) atoms. The lowest BCUT2D eigenvalue weighted by Crippen LogP contribution is -2.63. The number of hydrogen-bond donors (Lipinski definition) is 1. The number of nitrogens with one attached hydrogen (secondary N) is 1. The second-order valence-electron chi connectivity index (χ2n) is 9.73. The fraction of sp³-hybridized carbons (Fsp3) is 0.161. The van der Waals surface area contributed by atoms with Crippen molar-refractivity contribution in [2.24, 2.45) is 0 Å². The molecule has 4 aromatic rings. The van der Waals surface area contributed by atoms with E-state index in [2.05, 4.69) is 5.32 Å². The van der Waals surface area contributed by atoms with Crippen molar-refractivity contribution in [1.29, 1.82) is 0 Å². The molecule has 0 radical (unpaired) electrons. The summed E-state index contributed by atoms with van der Waals surface area (Å²) in [4.78, 5) is 38.5. The maximum atomic E-state index is 14.2. The second kappa shape index (κ2) is 10.3. The highest BCUT2D eigenvalue weighted by atomic mass is 16.7. The molecule has 0 unspecified atom stereocenters. The van der Waals surface area contributed by atoms with Gasteiger partial charge in [-0.2, -0.15) is 0 Å². The standard InChI is InChI=1S/C31H24N2O8/c1-38-23-13-9-20(10-14-23)28-24-15-26-27(40-18-39-26)16-25(24)41-30(35)31(28,17-19-5-3-2-4-6-19)32-29(34)21-7-11-22(12-8-21)33(36)37/h2-16,28H,17-18H2,1H3,(H,32,34)/t28-,31-/m1/s1. The van der Waals surface area contributed by atoms with E-state index in [4.69, 9.17) is 18.9 Å². The zero-order valence-corrected chi connectivity index (χ0v) is 21.9. The molecular weight excluding hydrogens is 528 g/mol. The van der Waals surface area contributed by atoms with Crippen molar-refractivity contribution in [3.63, 3.8) is 0 Å². The van der Waals surface area contributed by atoms with Gasteiger partial charge >= 0.3 is 5.97 Å². The Labute approximate surface area is 234 Å². The molecule has 0 aliphatic carbocycles. The molecule has 2 heterocycles. The monoisotopic (exact) mass is 552 g/mol. The lowest BCUT2D eigenvalue weighted by atomic mass is 9.69. The van der Waals surface area contributed by atoms with Crippen LogP contribution in [0.15, 0.2) is 91.0 Å². The average Bonchev–Trinajstić information content (AvgIpc) is 3.45. The van der Waals surface area contributed by atoms with Gasteiger partial charge in [-0.1, -0.05) is 42.5 Å². The van der Waals surface area contributed by atoms with Crippen molar-refractivity contribution in [3.05, 3.63) is 123 Å². The Morgan fingerprint density at radius 1 is 0.976 bits per heavy atom. The molecule has 0 spiro atoms. The van der Waals surface area contributed by atoms with E-state index in [1.807, 2.05) is 42.5 Å². The third-order valence-electron chi connectivity index (χ3n) is 7.33. The number of carbonyl (C=O) groups excluding carboxylic acids is 2. The number of rotatable bonds is 7. The molecule has 0 saturated heterocycles. The lowest BCUT2D eigenvalue weighted by Gasteiger charge is -2.43. The third kappa shape index (κ3) is 4.69. The maximum absolute atomic E-state index is 14.2. The second-order valence-corrected chi connectivity index (χ2v) is 9.73. The molecule has 1 amide bonds. The minimum Gasteiger partial charge on any atom is -0.497 e. The van der Waals surface area contributed by atoms with Crippen LogP contribution in [-0.4, -0.2) is 36.2 Å². The van der Waals surface area contributed by atoms with Crippen LogP contribution in [0, 0.1) is 10.1 Å². The Morgan fingerprint density at radius 3 is 2.32 bits per heavy atom. The van der Waals surface area contributed by atoms with E-state index in [1.54, 1.807) is 31.4 Å². The van der Waals surface area contributed by atoms with Crippen LogP contribution < -0.4 is 24.3 Å². The molecule has 6 rings (SSSR count). The Bertz CT molecular complexity index is 1640. The first-order chi connectivity index (χ1) is 19.9. The summed E-state index contributed by atoms with van der Waals surface area (Å²) in [5.41, 5.74) is 0.521. The molecule has 10 heteroatoms. The van der Waals surface area contributed by atoms with E-state index in [-0.39, 0.29) is 24.5 Å². The molecule has 2 aliphatic rings. The zero-order valence-electron chi connectivity index (χ0n) is 21.9. The number of nitrogens with zero attached hydrogens (tertiary/aromatic N) is 1. The summed E-state index contributed by atoms with van der Waals surface area (Å²) in [5, 5.41) is 14.1. The van der Waals surface area contributed by atoms with Crippen LogP contribution in [0.1, 0.15) is 33.0 Å². The van der Waals surface area contributed by atoms with Gasteiger partial charge in [-0.15, -0.1) is 0 Å². The van der Waals surface area contributed by atoms with Crippen LogP contribution in [-0.2, 0) is 11.2 Å². The highest BCUT2D eigenvalue weighted by Gasteiger charge is 2.54. The van der Waals surface area contributed by atoms with E-state index in [9.17, 15) is 19.7 Å². The molecule has 2 aliphatic heterocycles. The number of nitro benzene ring substituents is 1. The van der Waals surface area contributed by atoms with E-state index in [0.29, 0.717) is 28.6 Å². The molecule has 4 aromatic carbocycles. The largest absolute Gasteiger partial charge is 0.497 e. The van der Waals surface area contributed by atoms with Crippen molar-refractivity contribution in [2.45, 2.75) is 17.9 Å². The van der Waals surface area contributed by atoms with Gasteiger partial charge in [-0.25, -0.2) is 4.79 Å². The lowest BCUT2D eigenvalue weighted by molar-refractivity contribution is -0.384. The Balaban J connectivity index is 1.53. The van der Waals surface area contributed by atoms with Gasteiger partial charge in [0, 0.05) is 41.7 Å². The topological polar surface area (TPSA) is 126 Å². The van der Waals surface area contributed by atoms with E-state index < -0.39 is 28.3 Å². The summed E-state index contributed by atoms with van der Waals surface area (Å²) in [6.45, 7) is 0.0331. The molecule has 0 fully saturated rings. The van der Waals surface area contributed by atoms with Gasteiger partial charge in [0.2, 0.25) is 6.79 Å². The summed E-state index contributed by atoms with van der Waals surface area (Å²) in [6, 6.07) is 25.1. The van der Waals surface area contributed by atoms with Crippen molar-refractivity contribution in [1.82, 2.24) is 5.32 Å².